The third-order valence-corrected chi connectivity index (χ3v) is 7.82. The molecule has 1 heterocycles. The van der Waals surface area contributed by atoms with Crippen LogP contribution in [0.15, 0.2) is 59.5 Å². The van der Waals surface area contributed by atoms with Crippen LogP contribution < -0.4 is 9.46 Å². The van der Waals surface area contributed by atoms with Gasteiger partial charge in [-0.1, -0.05) is 17.7 Å². The van der Waals surface area contributed by atoms with Crippen molar-refractivity contribution in [2.45, 2.75) is 39.5 Å². The van der Waals surface area contributed by atoms with Gasteiger partial charge in [0.05, 0.1) is 35.4 Å². The van der Waals surface area contributed by atoms with Crippen molar-refractivity contribution in [2.75, 3.05) is 18.4 Å². The third kappa shape index (κ3) is 4.44. The van der Waals surface area contributed by atoms with Crippen molar-refractivity contribution in [3.8, 4) is 11.4 Å². The Hall–Kier alpha value is -3.78. The minimum absolute atomic E-state index is 0.111. The molecule has 4 aromatic rings. The molecule has 188 valence electrons. The number of anilines is 1. The lowest BCUT2D eigenvalue weighted by atomic mass is 10.0. The molecular formula is C28H30N2O5S. The molecule has 7 nitrogen and oxygen atoms in total. The van der Waals surface area contributed by atoms with Crippen LogP contribution in [0.1, 0.15) is 39.7 Å². The Labute approximate surface area is 211 Å². The van der Waals surface area contributed by atoms with E-state index in [2.05, 4.69) is 4.72 Å². The Kier molecular flexibility index (Phi) is 6.82. The molecule has 0 aliphatic heterocycles. The Morgan fingerprint density at radius 2 is 1.58 bits per heavy atom. The average Bonchev–Trinajstić information content (AvgIpc) is 3.14. The van der Waals surface area contributed by atoms with E-state index < -0.39 is 16.0 Å². The highest BCUT2D eigenvalue weighted by Crippen LogP contribution is 2.37. The van der Waals surface area contributed by atoms with E-state index in [-0.39, 0.29) is 11.5 Å². The van der Waals surface area contributed by atoms with Gasteiger partial charge in [-0.05, 0) is 88.2 Å². The number of ether oxygens (including phenoxy) is 2. The number of carbonyl (C=O) groups is 1. The van der Waals surface area contributed by atoms with Gasteiger partial charge in [-0.25, -0.2) is 13.2 Å². The lowest BCUT2D eigenvalue weighted by molar-refractivity contribution is 0.0527. The first-order valence-corrected chi connectivity index (χ1v) is 13.1. The molecule has 0 radical (unpaired) electrons. The fraction of sp³-hybridized carbons (Fsp3) is 0.250. The van der Waals surface area contributed by atoms with Gasteiger partial charge >= 0.3 is 5.97 Å². The number of hydrogen-bond acceptors (Lipinski definition) is 5. The van der Waals surface area contributed by atoms with Crippen LogP contribution in [0.4, 0.5) is 5.69 Å². The molecular weight excluding hydrogens is 476 g/mol. The predicted octanol–water partition coefficient (Wildman–Crippen LogP) is 5.85. The lowest BCUT2D eigenvalue weighted by Gasteiger charge is -2.16. The fourth-order valence-corrected chi connectivity index (χ4v) is 5.51. The number of nitrogens with one attached hydrogen (secondary N) is 1. The number of benzene rings is 3. The number of rotatable bonds is 7. The van der Waals surface area contributed by atoms with Crippen LogP contribution in [0.2, 0.25) is 0 Å². The normalized spacial score (nSPS) is 11.5. The Bertz CT molecular complexity index is 1550. The number of sulfonamides is 1. The molecule has 0 saturated heterocycles. The second-order valence-corrected chi connectivity index (χ2v) is 10.4. The van der Waals surface area contributed by atoms with E-state index in [0.717, 1.165) is 33.6 Å². The van der Waals surface area contributed by atoms with Crippen LogP contribution in [-0.2, 0) is 14.8 Å². The van der Waals surface area contributed by atoms with E-state index in [0.29, 0.717) is 22.4 Å². The molecule has 1 aromatic heterocycles. The highest BCUT2D eigenvalue weighted by Gasteiger charge is 2.26. The Balaban J connectivity index is 1.94. The molecule has 0 unspecified atom stereocenters. The van der Waals surface area contributed by atoms with E-state index in [1.165, 1.54) is 19.2 Å². The summed E-state index contributed by atoms with van der Waals surface area (Å²) in [5, 5.41) is 0.627. The van der Waals surface area contributed by atoms with Crippen molar-refractivity contribution >= 4 is 32.6 Å². The topological polar surface area (TPSA) is 86.6 Å². The van der Waals surface area contributed by atoms with E-state index in [4.69, 9.17) is 9.47 Å². The number of esters is 1. The van der Waals surface area contributed by atoms with Crippen molar-refractivity contribution in [3.63, 3.8) is 0 Å². The zero-order chi connectivity index (χ0) is 26.2. The highest BCUT2D eigenvalue weighted by molar-refractivity contribution is 7.92. The number of hydrogen-bond donors (Lipinski definition) is 1. The summed E-state index contributed by atoms with van der Waals surface area (Å²) in [6.45, 7) is 9.69. The molecule has 0 bridgehead atoms. The van der Waals surface area contributed by atoms with Gasteiger partial charge in [0, 0.05) is 16.8 Å². The smallest absolute Gasteiger partial charge is 0.340 e. The zero-order valence-electron chi connectivity index (χ0n) is 21.3. The summed E-state index contributed by atoms with van der Waals surface area (Å²) >= 11 is 0. The van der Waals surface area contributed by atoms with Crippen molar-refractivity contribution in [3.05, 3.63) is 82.5 Å². The first kappa shape index (κ1) is 25.3. The summed E-state index contributed by atoms with van der Waals surface area (Å²) in [7, 11) is -2.36. The molecule has 0 spiro atoms. The Morgan fingerprint density at radius 3 is 2.17 bits per heavy atom. The number of fused-ring (bicyclic) bond motifs is 1. The van der Waals surface area contributed by atoms with E-state index in [9.17, 15) is 13.2 Å². The SMILES string of the molecule is CCOC(=O)c1c(C)n(-c2ccc(C)cc2)c2c(C)c(C)c(NS(=O)(=O)c3ccc(OC)cc3)cc12. The number of aryl methyl sites for hydroxylation is 2. The van der Waals surface area contributed by atoms with E-state index in [1.807, 2.05) is 56.5 Å². The summed E-state index contributed by atoms with van der Waals surface area (Å²) in [5.41, 5.74) is 6.05. The summed E-state index contributed by atoms with van der Waals surface area (Å²) in [6.07, 6.45) is 0. The van der Waals surface area contributed by atoms with Gasteiger partial charge in [0.2, 0.25) is 0 Å². The zero-order valence-corrected chi connectivity index (χ0v) is 22.1. The summed E-state index contributed by atoms with van der Waals surface area (Å²) in [4.78, 5) is 13.2. The Morgan fingerprint density at radius 1 is 0.944 bits per heavy atom. The minimum Gasteiger partial charge on any atom is -0.497 e. The molecule has 1 N–H and O–H groups in total. The molecule has 8 heteroatoms. The molecule has 36 heavy (non-hydrogen) atoms. The molecule has 0 aliphatic rings. The van der Waals surface area contributed by atoms with Gasteiger partial charge in [-0.3, -0.25) is 4.72 Å². The molecule has 3 aromatic carbocycles. The quantitative estimate of drug-likeness (QED) is 0.318. The van der Waals surface area contributed by atoms with Crippen molar-refractivity contribution in [2.24, 2.45) is 0 Å². The van der Waals surface area contributed by atoms with Crippen LogP contribution in [-0.4, -0.2) is 32.7 Å². The molecule has 0 amide bonds. The molecule has 0 aliphatic carbocycles. The first-order valence-electron chi connectivity index (χ1n) is 11.6. The van der Waals surface area contributed by atoms with Crippen LogP contribution in [0.3, 0.4) is 0 Å². The van der Waals surface area contributed by atoms with Crippen molar-refractivity contribution < 1.29 is 22.7 Å². The van der Waals surface area contributed by atoms with Gasteiger partial charge in [-0.2, -0.15) is 0 Å². The minimum atomic E-state index is -3.88. The van der Waals surface area contributed by atoms with Crippen LogP contribution in [0.5, 0.6) is 5.75 Å². The molecule has 4 rings (SSSR count). The van der Waals surface area contributed by atoms with Gasteiger partial charge in [0.15, 0.2) is 0 Å². The van der Waals surface area contributed by atoms with Crippen molar-refractivity contribution in [1.29, 1.82) is 0 Å². The second kappa shape index (κ2) is 9.70. The largest absolute Gasteiger partial charge is 0.497 e. The molecule has 0 fully saturated rings. The van der Waals surface area contributed by atoms with Crippen LogP contribution in [0.25, 0.3) is 16.6 Å². The monoisotopic (exact) mass is 506 g/mol. The summed E-state index contributed by atoms with van der Waals surface area (Å²) in [6, 6.07) is 15.9. The van der Waals surface area contributed by atoms with Crippen molar-refractivity contribution in [1.82, 2.24) is 4.57 Å². The first-order chi connectivity index (χ1) is 17.1. The maximum absolute atomic E-state index is 13.2. The third-order valence-electron chi connectivity index (χ3n) is 6.44. The predicted molar refractivity (Wildman–Crippen MR) is 142 cm³/mol. The van der Waals surface area contributed by atoms with Crippen LogP contribution >= 0.6 is 0 Å². The van der Waals surface area contributed by atoms with Gasteiger partial charge in [0.1, 0.15) is 5.75 Å². The maximum Gasteiger partial charge on any atom is 0.340 e. The fourth-order valence-electron chi connectivity index (χ4n) is 4.40. The molecule has 0 saturated carbocycles. The number of methoxy groups -OCH3 is 1. The summed E-state index contributed by atoms with van der Waals surface area (Å²) in [5.74, 6) is 0.118. The standard InChI is InChI=1S/C28H30N2O5S/c1-7-35-28(31)26-20(5)30(21-10-8-17(2)9-11-21)27-19(4)18(3)25(16-24(26)27)29-36(32,33)23-14-12-22(34-6)13-15-23/h8-16,29H,7H2,1-6H3. The number of carbonyl (C=O) groups excluding carboxylic acids is 1. The van der Waals surface area contributed by atoms with Gasteiger partial charge < -0.3 is 14.0 Å². The maximum atomic E-state index is 13.2. The second-order valence-electron chi connectivity index (χ2n) is 8.70. The van der Waals surface area contributed by atoms with Crippen LogP contribution in [0, 0.1) is 27.7 Å². The van der Waals surface area contributed by atoms with E-state index >= 15 is 0 Å². The van der Waals surface area contributed by atoms with Gasteiger partial charge in [0.25, 0.3) is 10.0 Å². The highest BCUT2D eigenvalue weighted by atomic mass is 32.2. The van der Waals surface area contributed by atoms with Gasteiger partial charge in [-0.15, -0.1) is 0 Å². The average molecular weight is 507 g/mol. The molecule has 0 atom stereocenters. The number of nitrogens with zero attached hydrogens (tertiary/aromatic N) is 1. The van der Waals surface area contributed by atoms with E-state index in [1.54, 1.807) is 25.1 Å². The lowest BCUT2D eigenvalue weighted by Crippen LogP contribution is -2.14. The summed E-state index contributed by atoms with van der Waals surface area (Å²) < 4.78 is 41.7. The number of aromatic nitrogens is 1.